The van der Waals surface area contributed by atoms with Gasteiger partial charge in [0.15, 0.2) is 17.6 Å². The molecule has 1 aromatic heterocycles. The van der Waals surface area contributed by atoms with Gasteiger partial charge < -0.3 is 19.1 Å². The van der Waals surface area contributed by atoms with Crippen LogP contribution in [0.1, 0.15) is 10.4 Å². The van der Waals surface area contributed by atoms with Crippen molar-refractivity contribution in [1.29, 1.82) is 0 Å². The van der Waals surface area contributed by atoms with Crippen molar-refractivity contribution in [1.82, 2.24) is 0 Å². The Labute approximate surface area is 177 Å². The number of thiophene rings is 1. The second-order valence-electron chi connectivity index (χ2n) is 6.89. The Kier molecular flexibility index (Phi) is 4.81. The molecular weight excluding hydrogens is 410 g/mol. The van der Waals surface area contributed by atoms with Crippen LogP contribution in [0.2, 0.25) is 5.02 Å². The van der Waals surface area contributed by atoms with Gasteiger partial charge >= 0.3 is 0 Å². The molecular formula is C22H18ClNO4S. The van der Waals surface area contributed by atoms with Crippen molar-refractivity contribution in [2.24, 2.45) is 0 Å². The fourth-order valence-corrected chi connectivity index (χ4v) is 4.47. The van der Waals surface area contributed by atoms with Crippen LogP contribution in [0.4, 0.5) is 5.69 Å². The zero-order valence-corrected chi connectivity index (χ0v) is 17.0. The number of benzene rings is 2. The van der Waals surface area contributed by atoms with Gasteiger partial charge in [-0.2, -0.15) is 0 Å². The summed E-state index contributed by atoms with van der Waals surface area (Å²) in [5.74, 6) is 1.97. The normalized spacial score (nSPS) is 16.8. The SMILES string of the molecule is O=C(C1Cc2cc(Cl)ccc2O1)N(Cc1cccs1)c1ccc2c(c1)OCCO2. The van der Waals surface area contributed by atoms with Gasteiger partial charge in [-0.3, -0.25) is 4.79 Å². The van der Waals surface area contributed by atoms with E-state index < -0.39 is 6.10 Å². The summed E-state index contributed by atoms with van der Waals surface area (Å²) in [7, 11) is 0. The Balaban J connectivity index is 1.45. The van der Waals surface area contributed by atoms with Gasteiger partial charge in [-0.15, -0.1) is 11.3 Å². The van der Waals surface area contributed by atoms with Crippen LogP contribution in [0, 0.1) is 0 Å². The van der Waals surface area contributed by atoms with Gasteiger partial charge in [-0.1, -0.05) is 17.7 Å². The fourth-order valence-electron chi connectivity index (χ4n) is 3.58. The molecule has 0 spiro atoms. The first-order valence-electron chi connectivity index (χ1n) is 9.36. The third-order valence-electron chi connectivity index (χ3n) is 4.97. The first-order chi connectivity index (χ1) is 14.2. The summed E-state index contributed by atoms with van der Waals surface area (Å²) in [5.41, 5.74) is 1.71. The van der Waals surface area contributed by atoms with Crippen molar-refractivity contribution in [3.8, 4) is 17.2 Å². The number of nitrogens with zero attached hydrogens (tertiary/aromatic N) is 1. The number of ether oxygens (including phenoxy) is 3. The standard InChI is InChI=1S/C22H18ClNO4S/c23-15-3-5-18-14(10-15)11-21(28-18)22(25)24(13-17-2-1-9-29-17)16-4-6-19-20(12-16)27-8-7-26-19/h1-6,9-10,12,21H,7-8,11,13H2. The molecule has 2 aliphatic rings. The van der Waals surface area contributed by atoms with Crippen LogP contribution < -0.4 is 19.1 Å². The monoisotopic (exact) mass is 427 g/mol. The first-order valence-corrected chi connectivity index (χ1v) is 10.6. The molecule has 0 fully saturated rings. The summed E-state index contributed by atoms with van der Waals surface area (Å²) in [6, 6.07) is 15.1. The first kappa shape index (κ1) is 18.3. The van der Waals surface area contributed by atoms with Crippen molar-refractivity contribution < 1.29 is 19.0 Å². The smallest absolute Gasteiger partial charge is 0.268 e. The Hall–Kier alpha value is -2.70. The number of halogens is 1. The predicted octanol–water partition coefficient (Wildman–Crippen LogP) is 4.71. The second-order valence-corrected chi connectivity index (χ2v) is 8.36. The summed E-state index contributed by atoms with van der Waals surface area (Å²) >= 11 is 7.71. The average molecular weight is 428 g/mol. The van der Waals surface area contributed by atoms with Crippen molar-refractivity contribution >= 4 is 34.5 Å². The van der Waals surface area contributed by atoms with E-state index in [4.69, 9.17) is 25.8 Å². The van der Waals surface area contributed by atoms with Gasteiger partial charge in [0.05, 0.1) is 6.54 Å². The topological polar surface area (TPSA) is 48.0 Å². The van der Waals surface area contributed by atoms with Crippen molar-refractivity contribution in [2.75, 3.05) is 18.1 Å². The van der Waals surface area contributed by atoms with Gasteiger partial charge in [0.2, 0.25) is 0 Å². The van der Waals surface area contributed by atoms with E-state index in [1.807, 2.05) is 47.8 Å². The third kappa shape index (κ3) is 3.66. The minimum absolute atomic E-state index is 0.0950. The number of amides is 1. The number of rotatable bonds is 4. The van der Waals surface area contributed by atoms with Crippen LogP contribution in [-0.2, 0) is 17.8 Å². The summed E-state index contributed by atoms with van der Waals surface area (Å²) in [6.07, 6.45) is -0.0862. The number of fused-ring (bicyclic) bond motifs is 2. The maximum Gasteiger partial charge on any atom is 0.268 e. The lowest BCUT2D eigenvalue weighted by atomic mass is 10.1. The molecule has 0 saturated heterocycles. The van der Waals surface area contributed by atoms with Crippen LogP contribution in [-0.4, -0.2) is 25.2 Å². The van der Waals surface area contributed by atoms with Gasteiger partial charge in [0, 0.05) is 28.1 Å². The van der Waals surface area contributed by atoms with E-state index >= 15 is 0 Å². The van der Waals surface area contributed by atoms with Gasteiger partial charge in [0.25, 0.3) is 5.91 Å². The molecule has 0 aliphatic carbocycles. The molecule has 0 saturated carbocycles. The average Bonchev–Trinajstić information content (AvgIpc) is 3.40. The molecule has 0 N–H and O–H groups in total. The number of hydrogen-bond acceptors (Lipinski definition) is 5. The molecule has 5 rings (SSSR count). The highest BCUT2D eigenvalue weighted by Crippen LogP contribution is 2.37. The highest BCUT2D eigenvalue weighted by Gasteiger charge is 2.34. The quantitative estimate of drug-likeness (QED) is 0.605. The van der Waals surface area contributed by atoms with Crippen molar-refractivity contribution in [3.05, 3.63) is 69.4 Å². The lowest BCUT2D eigenvalue weighted by Gasteiger charge is -2.27. The molecule has 0 radical (unpaired) electrons. The number of carbonyl (C=O) groups excluding carboxylic acids is 1. The Morgan fingerprint density at radius 2 is 1.90 bits per heavy atom. The third-order valence-corrected chi connectivity index (χ3v) is 6.07. The molecule has 29 heavy (non-hydrogen) atoms. The van der Waals surface area contributed by atoms with Crippen LogP contribution in [0.25, 0.3) is 0 Å². The van der Waals surface area contributed by atoms with Gasteiger partial charge in [0.1, 0.15) is 19.0 Å². The molecule has 3 heterocycles. The van der Waals surface area contributed by atoms with E-state index in [0.29, 0.717) is 48.5 Å². The zero-order valence-electron chi connectivity index (χ0n) is 15.5. The molecule has 148 valence electrons. The molecule has 2 aliphatic heterocycles. The molecule has 5 nitrogen and oxygen atoms in total. The molecule has 2 aromatic carbocycles. The van der Waals surface area contributed by atoms with E-state index in [0.717, 1.165) is 16.1 Å². The van der Waals surface area contributed by atoms with E-state index in [9.17, 15) is 4.79 Å². The molecule has 7 heteroatoms. The summed E-state index contributed by atoms with van der Waals surface area (Å²) in [5, 5.41) is 2.65. The van der Waals surface area contributed by atoms with Crippen molar-refractivity contribution in [2.45, 2.75) is 19.1 Å². The minimum Gasteiger partial charge on any atom is -0.486 e. The maximum atomic E-state index is 13.5. The van der Waals surface area contributed by atoms with Crippen LogP contribution in [0.3, 0.4) is 0 Å². The largest absolute Gasteiger partial charge is 0.486 e. The van der Waals surface area contributed by atoms with Crippen LogP contribution >= 0.6 is 22.9 Å². The van der Waals surface area contributed by atoms with Crippen LogP contribution in [0.15, 0.2) is 53.9 Å². The molecule has 1 atom stereocenters. The number of anilines is 1. The summed E-state index contributed by atoms with van der Waals surface area (Å²) in [6.45, 7) is 1.49. The Morgan fingerprint density at radius 1 is 1.07 bits per heavy atom. The Bertz CT molecular complexity index is 1050. The lowest BCUT2D eigenvalue weighted by molar-refractivity contribution is -0.124. The highest BCUT2D eigenvalue weighted by molar-refractivity contribution is 7.09. The second kappa shape index (κ2) is 7.61. The molecule has 3 aromatic rings. The van der Waals surface area contributed by atoms with Crippen molar-refractivity contribution in [3.63, 3.8) is 0 Å². The number of carbonyl (C=O) groups is 1. The highest BCUT2D eigenvalue weighted by atomic mass is 35.5. The van der Waals surface area contributed by atoms with E-state index in [2.05, 4.69) is 0 Å². The van der Waals surface area contributed by atoms with Gasteiger partial charge in [-0.05, 0) is 47.3 Å². The molecule has 1 amide bonds. The predicted molar refractivity (Wildman–Crippen MR) is 113 cm³/mol. The summed E-state index contributed by atoms with van der Waals surface area (Å²) in [4.78, 5) is 16.3. The van der Waals surface area contributed by atoms with E-state index in [1.165, 1.54) is 0 Å². The van der Waals surface area contributed by atoms with Crippen LogP contribution in [0.5, 0.6) is 17.2 Å². The lowest BCUT2D eigenvalue weighted by Crippen LogP contribution is -2.41. The molecule has 1 unspecified atom stereocenters. The Morgan fingerprint density at radius 3 is 2.72 bits per heavy atom. The maximum absolute atomic E-state index is 13.5. The molecule has 0 bridgehead atoms. The van der Waals surface area contributed by atoms with E-state index in [1.54, 1.807) is 22.3 Å². The fraction of sp³-hybridized carbons (Fsp3) is 0.227. The van der Waals surface area contributed by atoms with E-state index in [-0.39, 0.29) is 5.91 Å². The van der Waals surface area contributed by atoms with Gasteiger partial charge in [-0.25, -0.2) is 0 Å². The number of hydrogen-bond donors (Lipinski definition) is 0. The zero-order chi connectivity index (χ0) is 19.8. The minimum atomic E-state index is -0.586. The summed E-state index contributed by atoms with van der Waals surface area (Å²) < 4.78 is 17.3.